The van der Waals surface area contributed by atoms with Crippen molar-refractivity contribution in [2.24, 2.45) is 5.92 Å². The smallest absolute Gasteiger partial charge is 0.00216 e. The first-order chi connectivity index (χ1) is 14.2. The van der Waals surface area contributed by atoms with E-state index in [1.807, 2.05) is 13.8 Å². The van der Waals surface area contributed by atoms with Crippen molar-refractivity contribution in [3.05, 3.63) is 94.2 Å². The Kier molecular flexibility index (Phi) is 9.75. The molecule has 154 valence electrons. The van der Waals surface area contributed by atoms with E-state index in [1.54, 1.807) is 0 Å². The van der Waals surface area contributed by atoms with Crippen molar-refractivity contribution in [2.45, 2.75) is 73.1 Å². The molecule has 0 aliphatic heterocycles. The van der Waals surface area contributed by atoms with Crippen molar-refractivity contribution in [3.8, 4) is 0 Å². The second kappa shape index (κ2) is 12.3. The minimum atomic E-state index is 0.795. The first-order valence-electron chi connectivity index (χ1n) is 11.5. The maximum absolute atomic E-state index is 3.47. The minimum Gasteiger partial charge on any atom is -0.117 e. The molecule has 0 N–H and O–H groups in total. The molecule has 0 bridgehead atoms. The number of rotatable bonds is 9. The number of hydrogen-bond acceptors (Lipinski definition) is 0. The molecule has 0 fully saturated rings. The zero-order chi connectivity index (χ0) is 21.1. The zero-order valence-electron chi connectivity index (χ0n) is 19.1. The van der Waals surface area contributed by atoms with Gasteiger partial charge in [0.1, 0.15) is 0 Å². The fraction of sp³-hybridized carbons (Fsp3) is 0.414. The van der Waals surface area contributed by atoms with E-state index in [0.717, 1.165) is 25.2 Å². The third-order valence-corrected chi connectivity index (χ3v) is 5.46. The summed E-state index contributed by atoms with van der Waals surface area (Å²) in [4.78, 5) is 0. The molecule has 0 heteroatoms. The summed E-state index contributed by atoms with van der Waals surface area (Å²) in [5, 5.41) is 0. The SMILES string of the molecule is CC.CCc1ccc(CCCC(C)C)cc1CCC1=C=CC=C1c1ccccc1. The standard InChI is InChI=1S/C27H32.C2H6/c1-4-23-17-16-22(11-8-10-21(2)3)20-26(23)19-18-25-14-9-15-27(25)24-12-6-5-7-13-24;1-2/h5-7,9,12-13,15-17,20-21H,4,8,10-11,18-19H2,1-3H3;1-2H3. The van der Waals surface area contributed by atoms with Gasteiger partial charge in [0.15, 0.2) is 0 Å². The number of aryl methyl sites for hydroxylation is 3. The highest BCUT2D eigenvalue weighted by molar-refractivity contribution is 5.82. The van der Waals surface area contributed by atoms with E-state index in [9.17, 15) is 0 Å². The molecule has 0 saturated carbocycles. The second-order valence-electron chi connectivity index (χ2n) is 7.98. The van der Waals surface area contributed by atoms with Crippen LogP contribution in [0.25, 0.3) is 5.57 Å². The van der Waals surface area contributed by atoms with Crippen LogP contribution in [0.3, 0.4) is 0 Å². The van der Waals surface area contributed by atoms with Gasteiger partial charge in [-0.1, -0.05) is 89.6 Å². The summed E-state index contributed by atoms with van der Waals surface area (Å²) < 4.78 is 0. The Morgan fingerprint density at radius 1 is 0.862 bits per heavy atom. The molecule has 3 rings (SSSR count). The van der Waals surface area contributed by atoms with Gasteiger partial charge in [0.05, 0.1) is 0 Å². The van der Waals surface area contributed by atoms with E-state index in [4.69, 9.17) is 0 Å². The van der Waals surface area contributed by atoms with Gasteiger partial charge in [-0.15, -0.1) is 5.73 Å². The van der Waals surface area contributed by atoms with Crippen LogP contribution in [0.15, 0.2) is 72.0 Å². The van der Waals surface area contributed by atoms with Gasteiger partial charge in [-0.25, -0.2) is 0 Å². The van der Waals surface area contributed by atoms with Crippen molar-refractivity contribution >= 4 is 5.57 Å². The largest absolute Gasteiger partial charge is 0.117 e. The summed E-state index contributed by atoms with van der Waals surface area (Å²) in [5.41, 5.74) is 12.0. The Hall–Kier alpha value is -2.30. The summed E-state index contributed by atoms with van der Waals surface area (Å²) in [6.45, 7) is 10.9. The molecule has 0 unspecified atom stereocenters. The van der Waals surface area contributed by atoms with Crippen molar-refractivity contribution in [1.82, 2.24) is 0 Å². The Labute approximate surface area is 179 Å². The number of benzene rings is 2. The van der Waals surface area contributed by atoms with Gasteiger partial charge < -0.3 is 0 Å². The van der Waals surface area contributed by atoms with Crippen LogP contribution < -0.4 is 0 Å². The Morgan fingerprint density at radius 2 is 1.62 bits per heavy atom. The minimum absolute atomic E-state index is 0.795. The summed E-state index contributed by atoms with van der Waals surface area (Å²) >= 11 is 0. The average molecular weight is 387 g/mol. The lowest BCUT2D eigenvalue weighted by atomic mass is 9.91. The first kappa shape index (κ1) is 23.0. The molecule has 0 saturated heterocycles. The first-order valence-corrected chi connectivity index (χ1v) is 11.5. The molecule has 0 spiro atoms. The van der Waals surface area contributed by atoms with Crippen LogP contribution in [0.4, 0.5) is 0 Å². The zero-order valence-corrected chi connectivity index (χ0v) is 19.1. The topological polar surface area (TPSA) is 0 Å². The number of allylic oxidation sites excluding steroid dienone is 3. The predicted molar refractivity (Wildman–Crippen MR) is 129 cm³/mol. The van der Waals surface area contributed by atoms with Crippen molar-refractivity contribution in [2.75, 3.05) is 0 Å². The van der Waals surface area contributed by atoms with Gasteiger partial charge in [0, 0.05) is 5.57 Å². The molecule has 2 aromatic carbocycles. The molecule has 0 heterocycles. The highest BCUT2D eigenvalue weighted by Gasteiger charge is 2.12. The van der Waals surface area contributed by atoms with Crippen LogP contribution in [0, 0.1) is 5.92 Å². The maximum Gasteiger partial charge on any atom is 0.00216 e. The molecule has 0 nitrogen and oxygen atoms in total. The van der Waals surface area contributed by atoms with E-state index in [-0.39, 0.29) is 0 Å². The highest BCUT2D eigenvalue weighted by atomic mass is 14.2. The quantitative estimate of drug-likeness (QED) is 0.380. The lowest BCUT2D eigenvalue weighted by molar-refractivity contribution is 0.555. The van der Waals surface area contributed by atoms with E-state index >= 15 is 0 Å². The Morgan fingerprint density at radius 3 is 2.31 bits per heavy atom. The number of hydrogen-bond donors (Lipinski definition) is 0. The van der Waals surface area contributed by atoms with E-state index in [1.165, 1.54) is 52.7 Å². The van der Waals surface area contributed by atoms with Gasteiger partial charge in [-0.05, 0) is 78.0 Å². The average Bonchev–Trinajstić information content (AvgIpc) is 3.23. The van der Waals surface area contributed by atoms with Gasteiger partial charge in [-0.2, -0.15) is 0 Å². The molecule has 0 amide bonds. The van der Waals surface area contributed by atoms with Crippen LogP contribution in [0.1, 0.15) is 76.1 Å². The van der Waals surface area contributed by atoms with E-state index in [0.29, 0.717) is 0 Å². The molecule has 2 aromatic rings. The molecule has 29 heavy (non-hydrogen) atoms. The van der Waals surface area contributed by atoms with Gasteiger partial charge in [0.2, 0.25) is 0 Å². The molecule has 0 aromatic heterocycles. The Balaban J connectivity index is 0.00000145. The molecular weight excluding hydrogens is 348 g/mol. The van der Waals surface area contributed by atoms with Crippen molar-refractivity contribution in [1.29, 1.82) is 0 Å². The lowest BCUT2D eigenvalue weighted by Gasteiger charge is -2.13. The third kappa shape index (κ3) is 6.91. The fourth-order valence-corrected chi connectivity index (χ4v) is 3.89. The van der Waals surface area contributed by atoms with Crippen LogP contribution >= 0.6 is 0 Å². The third-order valence-electron chi connectivity index (χ3n) is 5.46. The molecule has 1 aliphatic rings. The Bertz CT molecular complexity index is 843. The summed E-state index contributed by atoms with van der Waals surface area (Å²) in [5.74, 6) is 0.795. The second-order valence-corrected chi connectivity index (χ2v) is 7.98. The molecule has 0 radical (unpaired) electrons. The fourth-order valence-electron chi connectivity index (χ4n) is 3.89. The predicted octanol–water partition coefficient (Wildman–Crippen LogP) is 8.37. The summed E-state index contributed by atoms with van der Waals surface area (Å²) in [6, 6.07) is 17.8. The normalized spacial score (nSPS) is 12.5. The maximum atomic E-state index is 3.47. The van der Waals surface area contributed by atoms with Crippen LogP contribution in [-0.4, -0.2) is 0 Å². The van der Waals surface area contributed by atoms with Gasteiger partial charge in [0.25, 0.3) is 0 Å². The van der Waals surface area contributed by atoms with Gasteiger partial charge >= 0.3 is 0 Å². The summed E-state index contributed by atoms with van der Waals surface area (Å²) in [6.07, 6.45) is 11.3. The lowest BCUT2D eigenvalue weighted by Crippen LogP contribution is -1.99. The van der Waals surface area contributed by atoms with Crippen molar-refractivity contribution in [3.63, 3.8) is 0 Å². The highest BCUT2D eigenvalue weighted by Crippen LogP contribution is 2.29. The van der Waals surface area contributed by atoms with Crippen LogP contribution in [0.2, 0.25) is 0 Å². The summed E-state index contributed by atoms with van der Waals surface area (Å²) in [7, 11) is 0. The van der Waals surface area contributed by atoms with E-state index < -0.39 is 0 Å². The molecular formula is C29H38. The van der Waals surface area contributed by atoms with Crippen LogP contribution in [0.5, 0.6) is 0 Å². The molecule has 0 atom stereocenters. The van der Waals surface area contributed by atoms with E-state index in [2.05, 4.69) is 87.2 Å². The van der Waals surface area contributed by atoms with Crippen LogP contribution in [-0.2, 0) is 19.3 Å². The van der Waals surface area contributed by atoms with Crippen molar-refractivity contribution < 1.29 is 0 Å². The monoisotopic (exact) mass is 386 g/mol. The van der Waals surface area contributed by atoms with Gasteiger partial charge in [-0.3, -0.25) is 0 Å². The molecule has 1 aliphatic carbocycles.